The van der Waals surface area contributed by atoms with Crippen LogP contribution in [0.3, 0.4) is 0 Å². The number of para-hydroxylation sites is 1. The second-order valence-electron chi connectivity index (χ2n) is 5.20. The van der Waals surface area contributed by atoms with E-state index < -0.39 is 29.4 Å². The molecular formula is C18H13FN2O3S. The van der Waals surface area contributed by atoms with Gasteiger partial charge in [-0.3, -0.25) is 19.3 Å². The zero-order valence-electron chi connectivity index (χ0n) is 12.9. The SMILES string of the molecule is O=C(CN1C(=O)S/C(=C\c2ccccc2F)C1=O)Nc1ccccc1. The van der Waals surface area contributed by atoms with Gasteiger partial charge in [-0.25, -0.2) is 4.39 Å². The minimum absolute atomic E-state index is 0.0858. The summed E-state index contributed by atoms with van der Waals surface area (Å²) in [6.07, 6.45) is 1.31. The number of anilines is 1. The summed E-state index contributed by atoms with van der Waals surface area (Å²) < 4.78 is 13.7. The third kappa shape index (κ3) is 3.95. The highest BCUT2D eigenvalue weighted by Crippen LogP contribution is 2.32. The summed E-state index contributed by atoms with van der Waals surface area (Å²) in [7, 11) is 0. The first-order valence-electron chi connectivity index (χ1n) is 7.39. The maximum Gasteiger partial charge on any atom is 0.294 e. The molecule has 1 aliphatic heterocycles. The largest absolute Gasteiger partial charge is 0.325 e. The Labute approximate surface area is 147 Å². The highest BCUT2D eigenvalue weighted by atomic mass is 32.2. The van der Waals surface area contributed by atoms with Gasteiger partial charge < -0.3 is 5.32 Å². The Morgan fingerprint density at radius 2 is 1.76 bits per heavy atom. The summed E-state index contributed by atoms with van der Waals surface area (Å²) >= 11 is 0.685. The van der Waals surface area contributed by atoms with E-state index in [1.807, 2.05) is 0 Å². The van der Waals surface area contributed by atoms with Crippen molar-refractivity contribution in [1.29, 1.82) is 0 Å². The van der Waals surface area contributed by atoms with E-state index in [1.165, 1.54) is 24.3 Å². The Kier molecular flexibility index (Phi) is 4.95. The number of carbonyl (C=O) groups is 3. The van der Waals surface area contributed by atoms with Crippen LogP contribution in [0, 0.1) is 5.82 Å². The van der Waals surface area contributed by atoms with Crippen LogP contribution < -0.4 is 5.32 Å². The fourth-order valence-corrected chi connectivity index (χ4v) is 3.06. The molecule has 126 valence electrons. The van der Waals surface area contributed by atoms with E-state index in [2.05, 4.69) is 5.32 Å². The van der Waals surface area contributed by atoms with Gasteiger partial charge in [-0.05, 0) is 36.0 Å². The number of imide groups is 1. The molecule has 3 rings (SSSR count). The van der Waals surface area contributed by atoms with Gasteiger partial charge in [0.1, 0.15) is 12.4 Å². The standard InChI is InChI=1S/C18H13FN2O3S/c19-14-9-5-4-6-12(14)10-15-17(23)21(18(24)25-15)11-16(22)20-13-7-2-1-3-8-13/h1-10H,11H2,(H,20,22)/b15-10-. The average molecular weight is 356 g/mol. The maximum atomic E-state index is 13.7. The lowest BCUT2D eigenvalue weighted by molar-refractivity contribution is -0.127. The number of amides is 3. The van der Waals surface area contributed by atoms with Gasteiger partial charge in [0.25, 0.3) is 11.1 Å². The molecule has 1 aliphatic rings. The Hall–Kier alpha value is -2.93. The molecule has 1 N–H and O–H groups in total. The van der Waals surface area contributed by atoms with Crippen molar-refractivity contribution in [3.05, 3.63) is 70.9 Å². The number of nitrogens with one attached hydrogen (secondary N) is 1. The maximum absolute atomic E-state index is 13.7. The summed E-state index contributed by atoms with van der Waals surface area (Å²) in [4.78, 5) is 37.3. The number of nitrogens with zero attached hydrogens (tertiary/aromatic N) is 1. The number of benzene rings is 2. The minimum Gasteiger partial charge on any atom is -0.325 e. The summed E-state index contributed by atoms with van der Waals surface area (Å²) in [5.74, 6) is -1.58. The molecular weight excluding hydrogens is 343 g/mol. The van der Waals surface area contributed by atoms with Gasteiger partial charge in [0.05, 0.1) is 4.91 Å². The van der Waals surface area contributed by atoms with Crippen LogP contribution in [-0.4, -0.2) is 28.5 Å². The van der Waals surface area contributed by atoms with Crippen molar-refractivity contribution in [1.82, 2.24) is 4.90 Å². The number of carbonyl (C=O) groups excluding carboxylic acids is 3. The van der Waals surface area contributed by atoms with Gasteiger partial charge in [0.2, 0.25) is 5.91 Å². The van der Waals surface area contributed by atoms with Crippen LogP contribution in [0.15, 0.2) is 59.5 Å². The Morgan fingerprint density at radius 3 is 2.48 bits per heavy atom. The highest BCUT2D eigenvalue weighted by molar-refractivity contribution is 8.18. The van der Waals surface area contributed by atoms with Crippen LogP contribution in [0.4, 0.5) is 14.9 Å². The zero-order chi connectivity index (χ0) is 17.8. The lowest BCUT2D eigenvalue weighted by atomic mass is 10.2. The number of thioether (sulfide) groups is 1. The van der Waals surface area contributed by atoms with E-state index in [0.717, 1.165) is 4.90 Å². The van der Waals surface area contributed by atoms with Gasteiger partial charge in [0, 0.05) is 11.3 Å². The predicted molar refractivity (Wildman–Crippen MR) is 94.1 cm³/mol. The first-order valence-corrected chi connectivity index (χ1v) is 8.21. The molecule has 7 heteroatoms. The molecule has 3 amide bonds. The summed E-state index contributed by atoms with van der Waals surface area (Å²) in [5, 5.41) is 2.05. The molecule has 5 nitrogen and oxygen atoms in total. The number of hydrogen-bond donors (Lipinski definition) is 1. The van der Waals surface area contributed by atoms with Crippen molar-refractivity contribution in [3.8, 4) is 0 Å². The van der Waals surface area contributed by atoms with Crippen LogP contribution in [0.25, 0.3) is 6.08 Å². The molecule has 1 saturated heterocycles. The molecule has 1 fully saturated rings. The van der Waals surface area contributed by atoms with Gasteiger partial charge in [-0.1, -0.05) is 36.4 Å². The molecule has 0 unspecified atom stereocenters. The molecule has 0 aliphatic carbocycles. The molecule has 0 bridgehead atoms. The Morgan fingerprint density at radius 1 is 1.08 bits per heavy atom. The summed E-state index contributed by atoms with van der Waals surface area (Å²) in [6.45, 7) is -0.395. The van der Waals surface area contributed by atoms with Crippen molar-refractivity contribution in [2.75, 3.05) is 11.9 Å². The van der Waals surface area contributed by atoms with E-state index >= 15 is 0 Å². The smallest absolute Gasteiger partial charge is 0.294 e. The molecule has 25 heavy (non-hydrogen) atoms. The normalized spacial score (nSPS) is 15.7. The molecule has 0 aromatic heterocycles. The third-order valence-electron chi connectivity index (χ3n) is 3.42. The lowest BCUT2D eigenvalue weighted by Gasteiger charge is -2.12. The van der Waals surface area contributed by atoms with E-state index in [4.69, 9.17) is 0 Å². The van der Waals surface area contributed by atoms with Crippen LogP contribution >= 0.6 is 11.8 Å². The van der Waals surface area contributed by atoms with Crippen LogP contribution in [0.1, 0.15) is 5.56 Å². The molecule has 1 heterocycles. The highest BCUT2D eigenvalue weighted by Gasteiger charge is 2.36. The number of rotatable bonds is 4. The van der Waals surface area contributed by atoms with E-state index in [0.29, 0.717) is 17.4 Å². The van der Waals surface area contributed by atoms with Crippen molar-refractivity contribution in [2.45, 2.75) is 0 Å². The fourth-order valence-electron chi connectivity index (χ4n) is 2.24. The number of hydrogen-bond acceptors (Lipinski definition) is 4. The summed E-state index contributed by atoms with van der Waals surface area (Å²) in [5.41, 5.74) is 0.781. The topological polar surface area (TPSA) is 66.5 Å². The zero-order valence-corrected chi connectivity index (χ0v) is 13.8. The predicted octanol–water partition coefficient (Wildman–Crippen LogP) is 3.50. The van der Waals surface area contributed by atoms with Gasteiger partial charge in [-0.2, -0.15) is 0 Å². The molecule has 0 radical (unpaired) electrons. The first-order chi connectivity index (χ1) is 12.0. The quantitative estimate of drug-likeness (QED) is 0.852. The number of halogens is 1. The minimum atomic E-state index is -0.610. The van der Waals surface area contributed by atoms with Gasteiger partial charge >= 0.3 is 0 Å². The van der Waals surface area contributed by atoms with Crippen molar-refractivity contribution in [3.63, 3.8) is 0 Å². The second kappa shape index (κ2) is 7.31. The second-order valence-corrected chi connectivity index (χ2v) is 6.20. The Bertz CT molecular complexity index is 868. The molecule has 2 aromatic rings. The van der Waals surface area contributed by atoms with E-state index in [-0.39, 0.29) is 10.5 Å². The fraction of sp³-hybridized carbons (Fsp3) is 0.0556. The lowest BCUT2D eigenvalue weighted by Crippen LogP contribution is -2.36. The first kappa shape index (κ1) is 16.9. The molecule has 0 spiro atoms. The monoisotopic (exact) mass is 356 g/mol. The summed E-state index contributed by atoms with van der Waals surface area (Å²) in [6, 6.07) is 14.7. The van der Waals surface area contributed by atoms with E-state index in [9.17, 15) is 18.8 Å². The molecule has 0 atom stereocenters. The van der Waals surface area contributed by atoms with Crippen molar-refractivity contribution < 1.29 is 18.8 Å². The average Bonchev–Trinajstić information content (AvgIpc) is 2.85. The van der Waals surface area contributed by atoms with Crippen LogP contribution in [0.2, 0.25) is 0 Å². The van der Waals surface area contributed by atoms with E-state index in [1.54, 1.807) is 36.4 Å². The molecule has 2 aromatic carbocycles. The molecule has 0 saturated carbocycles. The van der Waals surface area contributed by atoms with Gasteiger partial charge in [-0.15, -0.1) is 0 Å². The van der Waals surface area contributed by atoms with Gasteiger partial charge in [0.15, 0.2) is 0 Å². The van der Waals surface area contributed by atoms with Crippen LogP contribution in [0.5, 0.6) is 0 Å². The van der Waals surface area contributed by atoms with Crippen molar-refractivity contribution in [2.24, 2.45) is 0 Å². The van der Waals surface area contributed by atoms with Crippen LogP contribution in [-0.2, 0) is 9.59 Å². The van der Waals surface area contributed by atoms with Crippen molar-refractivity contribution >= 4 is 40.6 Å². The third-order valence-corrected chi connectivity index (χ3v) is 4.33. The Balaban J connectivity index is 1.71.